The van der Waals surface area contributed by atoms with Gasteiger partial charge in [-0.25, -0.2) is 0 Å². The molecular weight excluding hydrogens is 262 g/mol. The van der Waals surface area contributed by atoms with Crippen LogP contribution in [0.4, 0.5) is 0 Å². The summed E-state index contributed by atoms with van der Waals surface area (Å²) in [6.45, 7) is 6.79. The number of rotatable bonds is 5. The maximum atomic E-state index is 12.6. The van der Waals surface area contributed by atoms with E-state index in [1.807, 2.05) is 23.1 Å². The Morgan fingerprint density at radius 1 is 1.33 bits per heavy atom. The SMILES string of the molecule is COCC1CCCN(C(=O)CC(C)(C)c2ccccc2)C1. The fourth-order valence-electron chi connectivity index (χ4n) is 3.14. The first kappa shape index (κ1) is 16.0. The summed E-state index contributed by atoms with van der Waals surface area (Å²) in [6.07, 6.45) is 2.82. The smallest absolute Gasteiger partial charge is 0.223 e. The second kappa shape index (κ2) is 7.08. The molecule has 1 aromatic rings. The van der Waals surface area contributed by atoms with Gasteiger partial charge in [0.2, 0.25) is 5.91 Å². The van der Waals surface area contributed by atoms with Crippen LogP contribution in [-0.2, 0) is 14.9 Å². The number of amides is 1. The molecular formula is C18H27NO2. The van der Waals surface area contributed by atoms with Crippen molar-refractivity contribution in [2.45, 2.75) is 38.5 Å². The first-order valence-corrected chi connectivity index (χ1v) is 7.85. The molecule has 0 spiro atoms. The third-order valence-corrected chi connectivity index (χ3v) is 4.42. The molecule has 0 saturated carbocycles. The third-order valence-electron chi connectivity index (χ3n) is 4.42. The highest BCUT2D eigenvalue weighted by atomic mass is 16.5. The van der Waals surface area contributed by atoms with E-state index in [-0.39, 0.29) is 11.3 Å². The number of hydrogen-bond donors (Lipinski definition) is 0. The van der Waals surface area contributed by atoms with Gasteiger partial charge in [0.25, 0.3) is 0 Å². The summed E-state index contributed by atoms with van der Waals surface area (Å²) in [5, 5.41) is 0. The van der Waals surface area contributed by atoms with Crippen LogP contribution in [0, 0.1) is 5.92 Å². The molecule has 0 aromatic heterocycles. The zero-order valence-electron chi connectivity index (χ0n) is 13.5. The van der Waals surface area contributed by atoms with Crippen molar-refractivity contribution >= 4 is 5.91 Å². The lowest BCUT2D eigenvalue weighted by molar-refractivity contribution is -0.134. The molecule has 1 saturated heterocycles. The largest absolute Gasteiger partial charge is 0.384 e. The molecule has 1 amide bonds. The number of carbonyl (C=O) groups is 1. The average molecular weight is 289 g/mol. The number of likely N-dealkylation sites (tertiary alicyclic amines) is 1. The molecule has 0 N–H and O–H groups in total. The Labute approximate surface area is 128 Å². The Morgan fingerprint density at radius 3 is 2.71 bits per heavy atom. The summed E-state index contributed by atoms with van der Waals surface area (Å²) in [5.74, 6) is 0.761. The van der Waals surface area contributed by atoms with E-state index in [0.29, 0.717) is 12.3 Å². The minimum Gasteiger partial charge on any atom is -0.384 e. The van der Waals surface area contributed by atoms with E-state index < -0.39 is 0 Å². The van der Waals surface area contributed by atoms with Gasteiger partial charge in [-0.1, -0.05) is 44.2 Å². The van der Waals surface area contributed by atoms with Gasteiger partial charge in [0.05, 0.1) is 6.61 Å². The highest BCUT2D eigenvalue weighted by Gasteiger charge is 2.29. The van der Waals surface area contributed by atoms with Gasteiger partial charge in [0.1, 0.15) is 0 Å². The van der Waals surface area contributed by atoms with Gasteiger partial charge in [-0.15, -0.1) is 0 Å². The summed E-state index contributed by atoms with van der Waals surface area (Å²) < 4.78 is 5.24. The predicted octanol–water partition coefficient (Wildman–Crippen LogP) is 3.24. The van der Waals surface area contributed by atoms with Crippen LogP contribution in [0.1, 0.15) is 38.7 Å². The fourth-order valence-corrected chi connectivity index (χ4v) is 3.14. The van der Waals surface area contributed by atoms with Crippen LogP contribution < -0.4 is 0 Å². The molecule has 0 aliphatic carbocycles. The number of carbonyl (C=O) groups excluding carboxylic acids is 1. The van der Waals surface area contributed by atoms with E-state index in [9.17, 15) is 4.79 Å². The van der Waals surface area contributed by atoms with E-state index in [1.54, 1.807) is 7.11 Å². The van der Waals surface area contributed by atoms with Crippen LogP contribution in [0.2, 0.25) is 0 Å². The van der Waals surface area contributed by atoms with Gasteiger partial charge < -0.3 is 9.64 Å². The molecule has 3 nitrogen and oxygen atoms in total. The van der Waals surface area contributed by atoms with Crippen molar-refractivity contribution in [2.24, 2.45) is 5.92 Å². The molecule has 1 atom stereocenters. The van der Waals surface area contributed by atoms with Gasteiger partial charge in [-0.3, -0.25) is 4.79 Å². The molecule has 1 unspecified atom stereocenters. The van der Waals surface area contributed by atoms with Crippen molar-refractivity contribution in [3.8, 4) is 0 Å². The molecule has 116 valence electrons. The minimum absolute atomic E-state index is 0.119. The van der Waals surface area contributed by atoms with E-state index in [1.165, 1.54) is 12.0 Å². The van der Waals surface area contributed by atoms with Crippen molar-refractivity contribution in [3.05, 3.63) is 35.9 Å². The predicted molar refractivity (Wildman–Crippen MR) is 85.3 cm³/mol. The Morgan fingerprint density at radius 2 is 2.05 bits per heavy atom. The molecule has 1 aromatic carbocycles. The molecule has 1 aliphatic rings. The van der Waals surface area contributed by atoms with Gasteiger partial charge >= 0.3 is 0 Å². The quantitative estimate of drug-likeness (QED) is 0.833. The second-order valence-corrected chi connectivity index (χ2v) is 6.73. The Kier molecular flexibility index (Phi) is 5.40. The standard InChI is InChI=1S/C18H27NO2/c1-18(2,16-9-5-4-6-10-16)12-17(20)19-11-7-8-15(13-19)14-21-3/h4-6,9-10,15H,7-8,11-14H2,1-3H3. The van der Waals surface area contributed by atoms with E-state index >= 15 is 0 Å². The minimum atomic E-state index is -0.119. The number of hydrogen-bond acceptors (Lipinski definition) is 2. The van der Waals surface area contributed by atoms with Gasteiger partial charge in [-0.05, 0) is 29.7 Å². The van der Waals surface area contributed by atoms with Crippen molar-refractivity contribution in [1.29, 1.82) is 0 Å². The van der Waals surface area contributed by atoms with Gasteiger partial charge in [0.15, 0.2) is 0 Å². The van der Waals surface area contributed by atoms with Crippen molar-refractivity contribution in [1.82, 2.24) is 4.90 Å². The molecule has 1 fully saturated rings. The monoisotopic (exact) mass is 289 g/mol. The lowest BCUT2D eigenvalue weighted by atomic mass is 9.81. The first-order chi connectivity index (χ1) is 10.0. The molecule has 1 heterocycles. The summed E-state index contributed by atoms with van der Waals surface area (Å²) >= 11 is 0. The van der Waals surface area contributed by atoms with Crippen molar-refractivity contribution in [2.75, 3.05) is 26.8 Å². The molecule has 2 rings (SSSR count). The Hall–Kier alpha value is -1.35. The number of piperidine rings is 1. The van der Waals surface area contributed by atoms with Crippen molar-refractivity contribution < 1.29 is 9.53 Å². The summed E-state index contributed by atoms with van der Waals surface area (Å²) in [6, 6.07) is 10.3. The molecule has 0 radical (unpaired) electrons. The lowest BCUT2D eigenvalue weighted by Gasteiger charge is -2.35. The summed E-state index contributed by atoms with van der Waals surface area (Å²) in [7, 11) is 1.74. The third kappa shape index (κ3) is 4.31. The zero-order chi connectivity index (χ0) is 15.3. The van der Waals surface area contributed by atoms with Crippen molar-refractivity contribution in [3.63, 3.8) is 0 Å². The van der Waals surface area contributed by atoms with Gasteiger partial charge in [-0.2, -0.15) is 0 Å². The van der Waals surface area contributed by atoms with Crippen LogP contribution in [0.3, 0.4) is 0 Å². The second-order valence-electron chi connectivity index (χ2n) is 6.73. The highest BCUT2D eigenvalue weighted by molar-refractivity contribution is 5.77. The van der Waals surface area contributed by atoms with E-state index in [0.717, 1.165) is 26.1 Å². The maximum absolute atomic E-state index is 12.6. The lowest BCUT2D eigenvalue weighted by Crippen LogP contribution is -2.43. The van der Waals surface area contributed by atoms with Crippen LogP contribution in [-0.4, -0.2) is 37.6 Å². The van der Waals surface area contributed by atoms with Crippen LogP contribution in [0.5, 0.6) is 0 Å². The van der Waals surface area contributed by atoms with Crippen LogP contribution in [0.25, 0.3) is 0 Å². The fraction of sp³-hybridized carbons (Fsp3) is 0.611. The molecule has 1 aliphatic heterocycles. The topological polar surface area (TPSA) is 29.5 Å². The summed E-state index contributed by atoms with van der Waals surface area (Å²) in [5.41, 5.74) is 1.11. The molecule has 21 heavy (non-hydrogen) atoms. The number of benzene rings is 1. The average Bonchev–Trinajstić information content (AvgIpc) is 2.48. The highest BCUT2D eigenvalue weighted by Crippen LogP contribution is 2.28. The van der Waals surface area contributed by atoms with Gasteiger partial charge in [0, 0.05) is 26.6 Å². The van der Waals surface area contributed by atoms with Crippen LogP contribution in [0.15, 0.2) is 30.3 Å². The number of methoxy groups -OCH3 is 1. The van der Waals surface area contributed by atoms with E-state index in [4.69, 9.17) is 4.74 Å². The van der Waals surface area contributed by atoms with E-state index in [2.05, 4.69) is 26.0 Å². The van der Waals surface area contributed by atoms with Crippen LogP contribution >= 0.6 is 0 Å². The number of nitrogens with zero attached hydrogens (tertiary/aromatic N) is 1. The Bertz CT molecular complexity index is 454. The normalized spacial score (nSPS) is 19.6. The first-order valence-electron chi connectivity index (χ1n) is 7.85. The molecule has 3 heteroatoms. The summed E-state index contributed by atoms with van der Waals surface area (Å²) in [4.78, 5) is 14.6. The molecule has 0 bridgehead atoms. The Balaban J connectivity index is 1.97. The maximum Gasteiger partial charge on any atom is 0.223 e. The number of ether oxygens (including phenoxy) is 1. The zero-order valence-corrected chi connectivity index (χ0v) is 13.5.